The van der Waals surface area contributed by atoms with Crippen LogP contribution in [-0.4, -0.2) is 0 Å². The van der Waals surface area contributed by atoms with Gasteiger partial charge in [0, 0.05) is 5.02 Å². The maximum Gasteiger partial charge on any atom is 0.0406 e. The minimum absolute atomic E-state index is 0. The Morgan fingerprint density at radius 1 is 1.18 bits per heavy atom. The summed E-state index contributed by atoms with van der Waals surface area (Å²) in [6.45, 7) is 2.18. The molecule has 0 heterocycles. The molecule has 0 spiro atoms. The quantitative estimate of drug-likeness (QED) is 0.631. The number of hydrogen-bond acceptors (Lipinski definition) is 0. The zero-order valence-electron chi connectivity index (χ0n) is 6.10. The molecule has 1 rings (SSSR count). The molecule has 0 aromatic heterocycles. The van der Waals surface area contributed by atoms with Gasteiger partial charge >= 0.3 is 0 Å². The molecule has 1 heteroatoms. The summed E-state index contributed by atoms with van der Waals surface area (Å²) in [6, 6.07) is 8.02. The van der Waals surface area contributed by atoms with Crippen LogP contribution in [0.5, 0.6) is 0 Å². The molecule has 62 valence electrons. The van der Waals surface area contributed by atoms with Crippen molar-refractivity contribution in [1.82, 2.24) is 0 Å². The van der Waals surface area contributed by atoms with E-state index < -0.39 is 0 Å². The molecule has 0 saturated carbocycles. The molecule has 0 aliphatic carbocycles. The van der Waals surface area contributed by atoms with E-state index in [1.54, 1.807) is 0 Å². The van der Waals surface area contributed by atoms with E-state index >= 15 is 0 Å². The molecule has 0 fully saturated rings. The van der Waals surface area contributed by atoms with Crippen LogP contribution < -0.4 is 0 Å². The lowest BCUT2D eigenvalue weighted by molar-refractivity contribution is 0.922. The van der Waals surface area contributed by atoms with Crippen LogP contribution in [0.2, 0.25) is 5.02 Å². The molecule has 0 nitrogen and oxygen atoms in total. The van der Waals surface area contributed by atoms with Crippen molar-refractivity contribution in [3.63, 3.8) is 0 Å². The lowest BCUT2D eigenvalue weighted by Crippen LogP contribution is -1.80. The van der Waals surface area contributed by atoms with Crippen molar-refractivity contribution < 1.29 is 0 Å². The second-order valence-electron chi connectivity index (χ2n) is 2.38. The van der Waals surface area contributed by atoms with E-state index in [2.05, 4.69) is 19.1 Å². The highest BCUT2D eigenvalue weighted by molar-refractivity contribution is 6.30. The summed E-state index contributed by atoms with van der Waals surface area (Å²) in [5.74, 6) is 0. The minimum atomic E-state index is 0. The second-order valence-corrected chi connectivity index (χ2v) is 2.81. The average Bonchev–Trinajstić information content (AvgIpc) is 1.95. The Labute approximate surface area is 74.2 Å². The number of halogens is 1. The fraction of sp³-hybridized carbons (Fsp3) is 0.400. The van der Waals surface area contributed by atoms with Crippen LogP contribution in [0.4, 0.5) is 0 Å². The first-order valence-electron chi connectivity index (χ1n) is 3.57. The molecule has 0 saturated heterocycles. The van der Waals surface area contributed by atoms with Crippen molar-refractivity contribution >= 4 is 11.6 Å². The maximum atomic E-state index is 5.71. The summed E-state index contributed by atoms with van der Waals surface area (Å²) in [5, 5.41) is 0.819. The van der Waals surface area contributed by atoms with E-state index in [-0.39, 0.29) is 7.43 Å². The van der Waals surface area contributed by atoms with Gasteiger partial charge in [0.05, 0.1) is 0 Å². The smallest absolute Gasteiger partial charge is 0.0406 e. The van der Waals surface area contributed by atoms with Crippen LogP contribution in [0.15, 0.2) is 24.3 Å². The van der Waals surface area contributed by atoms with Crippen molar-refractivity contribution in [3.8, 4) is 0 Å². The largest absolute Gasteiger partial charge is 0.0843 e. The van der Waals surface area contributed by atoms with Crippen LogP contribution in [0.3, 0.4) is 0 Å². The van der Waals surface area contributed by atoms with Gasteiger partial charge in [0.15, 0.2) is 0 Å². The van der Waals surface area contributed by atoms with Crippen molar-refractivity contribution in [2.75, 3.05) is 0 Å². The zero-order chi connectivity index (χ0) is 7.40. The van der Waals surface area contributed by atoms with Gasteiger partial charge < -0.3 is 0 Å². The van der Waals surface area contributed by atoms with Crippen molar-refractivity contribution in [1.29, 1.82) is 0 Å². The predicted octanol–water partition coefficient (Wildman–Crippen LogP) is 3.93. The topological polar surface area (TPSA) is 0 Å². The molecule has 0 radical (unpaired) electrons. The summed E-state index contributed by atoms with van der Waals surface area (Å²) < 4.78 is 0. The van der Waals surface area contributed by atoms with E-state index in [0.717, 1.165) is 11.4 Å². The Balaban J connectivity index is 0.000001000. The van der Waals surface area contributed by atoms with Gasteiger partial charge in [-0.1, -0.05) is 44.5 Å². The third-order valence-corrected chi connectivity index (χ3v) is 1.70. The van der Waals surface area contributed by atoms with E-state index in [0.29, 0.717) is 0 Å². The Bertz CT molecular complexity index is 189. The lowest BCUT2D eigenvalue weighted by atomic mass is 10.1. The first-order valence-corrected chi connectivity index (χ1v) is 3.95. The SMILES string of the molecule is C.CCCc1ccc(Cl)cc1. The van der Waals surface area contributed by atoms with Crippen LogP contribution in [0.1, 0.15) is 26.3 Å². The molecule has 0 N–H and O–H groups in total. The summed E-state index contributed by atoms with van der Waals surface area (Å²) in [7, 11) is 0. The molecule has 1 aromatic rings. The Hall–Kier alpha value is -0.490. The average molecular weight is 171 g/mol. The second kappa shape index (κ2) is 5.20. The van der Waals surface area contributed by atoms with Crippen molar-refractivity contribution in [2.24, 2.45) is 0 Å². The molecule has 0 atom stereocenters. The highest BCUT2D eigenvalue weighted by Crippen LogP contribution is 2.10. The summed E-state index contributed by atoms with van der Waals surface area (Å²) in [5.41, 5.74) is 1.37. The summed E-state index contributed by atoms with van der Waals surface area (Å²) in [6.07, 6.45) is 2.35. The lowest BCUT2D eigenvalue weighted by Gasteiger charge is -1.96. The molecule has 0 aliphatic heterocycles. The summed E-state index contributed by atoms with van der Waals surface area (Å²) in [4.78, 5) is 0. The van der Waals surface area contributed by atoms with Gasteiger partial charge in [-0.25, -0.2) is 0 Å². The van der Waals surface area contributed by atoms with E-state index in [4.69, 9.17) is 11.6 Å². The molecule has 0 amide bonds. The van der Waals surface area contributed by atoms with Gasteiger partial charge in [0.25, 0.3) is 0 Å². The number of benzene rings is 1. The minimum Gasteiger partial charge on any atom is -0.0843 e. The molecular formula is C10H15Cl. The fourth-order valence-corrected chi connectivity index (χ4v) is 1.07. The third kappa shape index (κ3) is 3.43. The van der Waals surface area contributed by atoms with Crippen LogP contribution in [0, 0.1) is 0 Å². The number of aryl methyl sites for hydroxylation is 1. The molecule has 0 bridgehead atoms. The molecule has 0 aliphatic rings. The van der Waals surface area contributed by atoms with Gasteiger partial charge in [-0.2, -0.15) is 0 Å². The molecule has 1 aromatic carbocycles. The van der Waals surface area contributed by atoms with Crippen molar-refractivity contribution in [3.05, 3.63) is 34.9 Å². The maximum absolute atomic E-state index is 5.71. The fourth-order valence-electron chi connectivity index (χ4n) is 0.940. The number of rotatable bonds is 2. The van der Waals surface area contributed by atoms with Gasteiger partial charge in [-0.05, 0) is 24.1 Å². The first kappa shape index (κ1) is 10.5. The summed E-state index contributed by atoms with van der Waals surface area (Å²) >= 11 is 5.71. The Morgan fingerprint density at radius 3 is 2.18 bits per heavy atom. The standard InChI is InChI=1S/C9H11Cl.CH4/c1-2-3-8-4-6-9(10)7-5-8;/h4-7H,2-3H2,1H3;1H4. The highest BCUT2D eigenvalue weighted by atomic mass is 35.5. The molecular weight excluding hydrogens is 156 g/mol. The van der Waals surface area contributed by atoms with Gasteiger partial charge in [-0.3, -0.25) is 0 Å². The number of hydrogen-bond donors (Lipinski definition) is 0. The normalized spacial score (nSPS) is 8.91. The van der Waals surface area contributed by atoms with Gasteiger partial charge in [-0.15, -0.1) is 0 Å². The van der Waals surface area contributed by atoms with Crippen molar-refractivity contribution in [2.45, 2.75) is 27.2 Å². The third-order valence-electron chi connectivity index (χ3n) is 1.45. The Morgan fingerprint density at radius 2 is 1.73 bits per heavy atom. The first-order chi connectivity index (χ1) is 4.83. The van der Waals surface area contributed by atoms with Crippen LogP contribution >= 0.6 is 11.6 Å². The van der Waals surface area contributed by atoms with Crippen LogP contribution in [-0.2, 0) is 6.42 Å². The van der Waals surface area contributed by atoms with E-state index in [1.165, 1.54) is 12.0 Å². The zero-order valence-corrected chi connectivity index (χ0v) is 6.86. The Kier molecular flexibility index (Phi) is 4.97. The van der Waals surface area contributed by atoms with E-state index in [1.807, 2.05) is 12.1 Å². The highest BCUT2D eigenvalue weighted by Gasteiger charge is 1.89. The van der Waals surface area contributed by atoms with Gasteiger partial charge in [0.1, 0.15) is 0 Å². The molecule has 0 unspecified atom stereocenters. The van der Waals surface area contributed by atoms with Crippen LogP contribution in [0.25, 0.3) is 0 Å². The molecule has 11 heavy (non-hydrogen) atoms. The van der Waals surface area contributed by atoms with Gasteiger partial charge in [0.2, 0.25) is 0 Å². The predicted molar refractivity (Wildman–Crippen MR) is 52.2 cm³/mol. The van der Waals surface area contributed by atoms with E-state index in [9.17, 15) is 0 Å². The monoisotopic (exact) mass is 170 g/mol.